The van der Waals surface area contributed by atoms with E-state index in [1.807, 2.05) is 0 Å². The Morgan fingerprint density at radius 1 is 1.23 bits per heavy atom. The van der Waals surface area contributed by atoms with Gasteiger partial charge >= 0.3 is 0 Å². The predicted molar refractivity (Wildman–Crippen MR) is 49.6 cm³/mol. The normalized spacial score (nSPS) is 10.3. The van der Waals surface area contributed by atoms with E-state index in [4.69, 9.17) is 23.2 Å². The first kappa shape index (κ1) is 8.47. The Kier molecular flexibility index (Phi) is 2.16. The quantitative estimate of drug-likeness (QED) is 0.792. The molecule has 0 aliphatic carbocycles. The van der Waals surface area contributed by atoms with Crippen molar-refractivity contribution in [3.8, 4) is 11.4 Å². The maximum Gasteiger partial charge on any atom is 0.206 e. The number of H-pyrrole nitrogens is 1. The van der Waals surface area contributed by atoms with Crippen LogP contribution < -0.4 is 0 Å². The molecule has 4 nitrogen and oxygen atoms in total. The van der Waals surface area contributed by atoms with Gasteiger partial charge in [-0.25, -0.2) is 0 Å². The number of halogens is 2. The van der Waals surface area contributed by atoms with Crippen molar-refractivity contribution in [1.82, 2.24) is 20.6 Å². The van der Waals surface area contributed by atoms with Gasteiger partial charge in [-0.3, -0.25) is 0 Å². The van der Waals surface area contributed by atoms with Crippen LogP contribution in [0.4, 0.5) is 0 Å². The number of rotatable bonds is 1. The summed E-state index contributed by atoms with van der Waals surface area (Å²) in [5, 5.41) is 14.5. The van der Waals surface area contributed by atoms with Crippen LogP contribution in [0.3, 0.4) is 0 Å². The fraction of sp³-hybridized carbons (Fsp3) is 0. The van der Waals surface area contributed by atoms with E-state index in [2.05, 4.69) is 20.6 Å². The molecule has 0 bridgehead atoms. The average molecular weight is 215 g/mol. The van der Waals surface area contributed by atoms with E-state index < -0.39 is 0 Å². The smallest absolute Gasteiger partial charge is 0.177 e. The lowest BCUT2D eigenvalue weighted by molar-refractivity contribution is 0.881. The highest BCUT2D eigenvalue weighted by Gasteiger charge is 2.07. The Labute approximate surface area is 83.9 Å². The van der Waals surface area contributed by atoms with Gasteiger partial charge in [-0.15, -0.1) is 10.2 Å². The zero-order valence-corrected chi connectivity index (χ0v) is 7.84. The van der Waals surface area contributed by atoms with Crippen LogP contribution in [-0.2, 0) is 0 Å². The topological polar surface area (TPSA) is 54.5 Å². The second kappa shape index (κ2) is 3.32. The molecule has 2 aromatic rings. The van der Waals surface area contributed by atoms with Gasteiger partial charge in [0.2, 0.25) is 5.82 Å². The lowest BCUT2D eigenvalue weighted by Crippen LogP contribution is -1.82. The van der Waals surface area contributed by atoms with E-state index in [9.17, 15) is 0 Å². The highest BCUT2D eigenvalue weighted by Crippen LogP contribution is 2.27. The van der Waals surface area contributed by atoms with Crippen LogP contribution in [0.2, 0.25) is 10.0 Å². The Hall–Kier alpha value is -1.13. The highest BCUT2D eigenvalue weighted by molar-refractivity contribution is 6.35. The molecule has 0 spiro atoms. The van der Waals surface area contributed by atoms with Crippen LogP contribution in [0.1, 0.15) is 0 Å². The van der Waals surface area contributed by atoms with E-state index in [0.717, 1.165) is 0 Å². The molecule has 0 saturated carbocycles. The lowest BCUT2D eigenvalue weighted by Gasteiger charge is -1.98. The summed E-state index contributed by atoms with van der Waals surface area (Å²) in [7, 11) is 0. The van der Waals surface area contributed by atoms with Gasteiger partial charge in [0.15, 0.2) is 0 Å². The third kappa shape index (κ3) is 1.64. The van der Waals surface area contributed by atoms with E-state index in [1.165, 1.54) is 0 Å². The second-order valence-electron chi connectivity index (χ2n) is 2.36. The molecule has 0 saturated heterocycles. The SMILES string of the molecule is Clc1ccc(Cl)c(-c2nn[nH]n2)c1. The Morgan fingerprint density at radius 2 is 2.08 bits per heavy atom. The van der Waals surface area contributed by atoms with Gasteiger partial charge in [0, 0.05) is 10.6 Å². The molecule has 2 rings (SSSR count). The highest BCUT2D eigenvalue weighted by atomic mass is 35.5. The fourth-order valence-electron chi connectivity index (χ4n) is 0.945. The number of hydrogen-bond acceptors (Lipinski definition) is 3. The first-order valence-electron chi connectivity index (χ1n) is 3.46. The molecule has 0 aliphatic heterocycles. The first-order chi connectivity index (χ1) is 6.27. The van der Waals surface area contributed by atoms with Crippen molar-refractivity contribution in [2.75, 3.05) is 0 Å². The van der Waals surface area contributed by atoms with Crippen molar-refractivity contribution < 1.29 is 0 Å². The van der Waals surface area contributed by atoms with Crippen LogP contribution in [0, 0.1) is 0 Å². The van der Waals surface area contributed by atoms with Crippen molar-refractivity contribution in [2.45, 2.75) is 0 Å². The van der Waals surface area contributed by atoms with Crippen molar-refractivity contribution in [2.24, 2.45) is 0 Å². The molecule has 0 fully saturated rings. The van der Waals surface area contributed by atoms with E-state index in [-0.39, 0.29) is 0 Å². The van der Waals surface area contributed by atoms with Crippen LogP contribution in [0.15, 0.2) is 18.2 Å². The first-order valence-corrected chi connectivity index (χ1v) is 4.22. The number of nitrogens with one attached hydrogen (secondary N) is 1. The predicted octanol–water partition coefficient (Wildman–Crippen LogP) is 2.17. The van der Waals surface area contributed by atoms with Crippen LogP contribution in [0.25, 0.3) is 11.4 Å². The minimum Gasteiger partial charge on any atom is -0.177 e. The van der Waals surface area contributed by atoms with Gasteiger partial charge in [-0.05, 0) is 23.4 Å². The number of benzene rings is 1. The zero-order chi connectivity index (χ0) is 9.26. The zero-order valence-electron chi connectivity index (χ0n) is 6.33. The standard InChI is InChI=1S/C7H4Cl2N4/c8-4-1-2-6(9)5(3-4)7-10-12-13-11-7/h1-3H,(H,10,11,12,13). The molecule has 13 heavy (non-hydrogen) atoms. The summed E-state index contributed by atoms with van der Waals surface area (Å²) in [5.41, 5.74) is 0.669. The van der Waals surface area contributed by atoms with Gasteiger partial charge in [-0.1, -0.05) is 23.2 Å². The lowest BCUT2D eigenvalue weighted by atomic mass is 10.2. The van der Waals surface area contributed by atoms with Crippen molar-refractivity contribution in [3.63, 3.8) is 0 Å². The number of tetrazole rings is 1. The summed E-state index contributed by atoms with van der Waals surface area (Å²) in [6.45, 7) is 0. The molecule has 1 N–H and O–H groups in total. The van der Waals surface area contributed by atoms with E-state index in [1.54, 1.807) is 18.2 Å². The molecule has 0 unspecified atom stereocenters. The van der Waals surface area contributed by atoms with Crippen LogP contribution in [0.5, 0.6) is 0 Å². The van der Waals surface area contributed by atoms with Crippen molar-refractivity contribution >= 4 is 23.2 Å². The van der Waals surface area contributed by atoms with E-state index >= 15 is 0 Å². The summed E-state index contributed by atoms with van der Waals surface area (Å²) in [4.78, 5) is 0. The fourth-order valence-corrected chi connectivity index (χ4v) is 1.32. The van der Waals surface area contributed by atoms with Gasteiger partial charge in [0.25, 0.3) is 0 Å². The summed E-state index contributed by atoms with van der Waals surface area (Å²) in [6, 6.07) is 5.08. The van der Waals surface area contributed by atoms with Gasteiger partial charge < -0.3 is 0 Å². The van der Waals surface area contributed by atoms with Gasteiger partial charge in [0.1, 0.15) is 0 Å². The summed E-state index contributed by atoms with van der Waals surface area (Å²) >= 11 is 11.7. The maximum atomic E-state index is 5.91. The Balaban J connectivity index is 2.57. The second-order valence-corrected chi connectivity index (χ2v) is 3.20. The molecule has 1 aromatic carbocycles. The monoisotopic (exact) mass is 214 g/mol. The molecular weight excluding hydrogens is 211 g/mol. The molecule has 6 heteroatoms. The number of aromatic amines is 1. The molecule has 0 amide bonds. The third-order valence-corrected chi connectivity index (χ3v) is 2.08. The third-order valence-electron chi connectivity index (χ3n) is 1.51. The van der Waals surface area contributed by atoms with E-state index in [0.29, 0.717) is 21.4 Å². The van der Waals surface area contributed by atoms with Crippen LogP contribution >= 0.6 is 23.2 Å². The molecule has 1 aromatic heterocycles. The van der Waals surface area contributed by atoms with Crippen LogP contribution in [-0.4, -0.2) is 20.6 Å². The Morgan fingerprint density at radius 3 is 2.77 bits per heavy atom. The average Bonchev–Trinajstić information content (AvgIpc) is 2.61. The largest absolute Gasteiger partial charge is 0.206 e. The number of hydrogen-bond donors (Lipinski definition) is 1. The molecular formula is C7H4Cl2N4. The summed E-state index contributed by atoms with van der Waals surface area (Å²) < 4.78 is 0. The summed E-state index contributed by atoms with van der Waals surface area (Å²) in [5.74, 6) is 0.438. The number of aromatic nitrogens is 4. The molecule has 0 aliphatic rings. The maximum absolute atomic E-state index is 5.91. The van der Waals surface area contributed by atoms with Crippen molar-refractivity contribution in [3.05, 3.63) is 28.2 Å². The number of nitrogens with zero attached hydrogens (tertiary/aromatic N) is 3. The Bertz CT molecular complexity index is 412. The minimum atomic E-state index is 0.438. The molecule has 0 radical (unpaired) electrons. The molecule has 1 heterocycles. The van der Waals surface area contributed by atoms with Gasteiger partial charge in [0.05, 0.1) is 5.02 Å². The molecule has 66 valence electrons. The summed E-state index contributed by atoms with van der Waals surface area (Å²) in [6.07, 6.45) is 0. The minimum absolute atomic E-state index is 0.438. The van der Waals surface area contributed by atoms with Crippen molar-refractivity contribution in [1.29, 1.82) is 0 Å². The van der Waals surface area contributed by atoms with Gasteiger partial charge in [-0.2, -0.15) is 5.21 Å². The molecule has 0 atom stereocenters.